The number of aryl methyl sites for hydroxylation is 1. The van der Waals surface area contributed by atoms with Crippen LogP contribution in [0.4, 0.5) is 0 Å². The standard InChI is InChI=1S/C21H25N3O2/c25-21(6-4-17-2-1-8-22-15-17)24-11-9-23(10-12-24)16-18-3-5-20-19(14-18)7-13-26-20/h1-3,5,8,14-15H,4,6-7,9-13,16H2. The van der Waals surface area contributed by atoms with E-state index in [0.29, 0.717) is 6.42 Å². The molecule has 5 nitrogen and oxygen atoms in total. The Morgan fingerprint density at radius 2 is 2.00 bits per heavy atom. The van der Waals surface area contributed by atoms with Gasteiger partial charge in [0.15, 0.2) is 0 Å². The number of ether oxygens (including phenoxy) is 1. The van der Waals surface area contributed by atoms with Crippen LogP contribution in [0.15, 0.2) is 42.7 Å². The molecule has 0 radical (unpaired) electrons. The monoisotopic (exact) mass is 351 g/mol. The zero-order chi connectivity index (χ0) is 17.8. The third kappa shape index (κ3) is 4.05. The van der Waals surface area contributed by atoms with E-state index in [1.165, 1.54) is 11.1 Å². The van der Waals surface area contributed by atoms with Gasteiger partial charge in [-0.05, 0) is 35.2 Å². The number of amides is 1. The third-order valence-corrected chi connectivity index (χ3v) is 5.24. The molecule has 0 atom stereocenters. The second-order valence-corrected chi connectivity index (χ2v) is 7.06. The minimum atomic E-state index is 0.253. The molecule has 1 aromatic heterocycles. The van der Waals surface area contributed by atoms with Crippen LogP contribution in [0.25, 0.3) is 0 Å². The topological polar surface area (TPSA) is 45.7 Å². The first-order valence-corrected chi connectivity index (χ1v) is 9.41. The highest BCUT2D eigenvalue weighted by molar-refractivity contribution is 5.76. The van der Waals surface area contributed by atoms with Crippen molar-refractivity contribution in [2.45, 2.75) is 25.8 Å². The Morgan fingerprint density at radius 3 is 2.81 bits per heavy atom. The number of hydrogen-bond donors (Lipinski definition) is 0. The van der Waals surface area contributed by atoms with E-state index in [2.05, 4.69) is 28.1 Å². The lowest BCUT2D eigenvalue weighted by molar-refractivity contribution is -0.133. The largest absolute Gasteiger partial charge is 0.493 e. The van der Waals surface area contributed by atoms with E-state index in [4.69, 9.17) is 4.74 Å². The fourth-order valence-electron chi connectivity index (χ4n) is 3.71. The molecule has 0 saturated carbocycles. The molecule has 2 aliphatic rings. The van der Waals surface area contributed by atoms with Crippen molar-refractivity contribution in [1.29, 1.82) is 0 Å². The first-order valence-electron chi connectivity index (χ1n) is 9.41. The van der Waals surface area contributed by atoms with Crippen molar-refractivity contribution in [1.82, 2.24) is 14.8 Å². The number of nitrogens with zero attached hydrogens (tertiary/aromatic N) is 3. The number of carbonyl (C=O) groups is 1. The average Bonchev–Trinajstić information content (AvgIpc) is 3.15. The van der Waals surface area contributed by atoms with Crippen LogP contribution in [0.3, 0.4) is 0 Å². The van der Waals surface area contributed by atoms with Crippen LogP contribution >= 0.6 is 0 Å². The first-order chi connectivity index (χ1) is 12.8. The van der Waals surface area contributed by atoms with E-state index in [0.717, 1.165) is 63.5 Å². The van der Waals surface area contributed by atoms with Gasteiger partial charge in [-0.1, -0.05) is 18.2 Å². The molecule has 3 heterocycles. The van der Waals surface area contributed by atoms with Gasteiger partial charge in [0, 0.05) is 58.0 Å². The van der Waals surface area contributed by atoms with E-state index >= 15 is 0 Å². The Hall–Kier alpha value is -2.40. The molecule has 4 rings (SSSR count). The Balaban J connectivity index is 1.24. The van der Waals surface area contributed by atoms with Gasteiger partial charge >= 0.3 is 0 Å². The maximum atomic E-state index is 12.4. The van der Waals surface area contributed by atoms with Crippen LogP contribution in [0.5, 0.6) is 5.75 Å². The zero-order valence-electron chi connectivity index (χ0n) is 15.1. The molecule has 0 aliphatic carbocycles. The molecule has 0 unspecified atom stereocenters. The fraction of sp³-hybridized carbons (Fsp3) is 0.429. The predicted octanol–water partition coefficient (Wildman–Crippen LogP) is 2.29. The van der Waals surface area contributed by atoms with Gasteiger partial charge in [-0.3, -0.25) is 14.7 Å². The molecule has 1 amide bonds. The number of hydrogen-bond acceptors (Lipinski definition) is 4. The summed E-state index contributed by atoms with van der Waals surface area (Å²) in [5, 5.41) is 0. The lowest BCUT2D eigenvalue weighted by atomic mass is 10.1. The van der Waals surface area contributed by atoms with E-state index in [9.17, 15) is 4.79 Å². The number of aromatic nitrogens is 1. The number of piperazine rings is 1. The molecule has 0 bridgehead atoms. The Kier molecular flexibility index (Phi) is 5.16. The molecule has 1 fully saturated rings. The summed E-state index contributed by atoms with van der Waals surface area (Å²) in [5.41, 5.74) is 3.79. The van der Waals surface area contributed by atoms with Gasteiger partial charge in [-0.2, -0.15) is 0 Å². The summed E-state index contributed by atoms with van der Waals surface area (Å²) in [6, 6.07) is 10.5. The number of rotatable bonds is 5. The quantitative estimate of drug-likeness (QED) is 0.829. The summed E-state index contributed by atoms with van der Waals surface area (Å²) >= 11 is 0. The van der Waals surface area contributed by atoms with Gasteiger partial charge in [-0.15, -0.1) is 0 Å². The van der Waals surface area contributed by atoms with E-state index in [1.807, 2.05) is 23.2 Å². The van der Waals surface area contributed by atoms with Crippen LogP contribution in [0.2, 0.25) is 0 Å². The molecule has 1 aromatic carbocycles. The molecule has 1 saturated heterocycles. The lowest BCUT2D eigenvalue weighted by Crippen LogP contribution is -2.48. The highest BCUT2D eigenvalue weighted by atomic mass is 16.5. The smallest absolute Gasteiger partial charge is 0.222 e. The van der Waals surface area contributed by atoms with Crippen LogP contribution in [-0.4, -0.2) is 53.5 Å². The second-order valence-electron chi connectivity index (χ2n) is 7.06. The van der Waals surface area contributed by atoms with Crippen molar-refractivity contribution in [3.63, 3.8) is 0 Å². The van der Waals surface area contributed by atoms with Crippen LogP contribution in [0.1, 0.15) is 23.1 Å². The summed E-state index contributed by atoms with van der Waals surface area (Å²) in [7, 11) is 0. The van der Waals surface area contributed by atoms with Crippen LogP contribution in [0, 0.1) is 0 Å². The molecular formula is C21H25N3O2. The van der Waals surface area contributed by atoms with E-state index < -0.39 is 0 Å². The lowest BCUT2D eigenvalue weighted by Gasteiger charge is -2.35. The van der Waals surface area contributed by atoms with Crippen molar-refractivity contribution in [2.75, 3.05) is 32.8 Å². The summed E-state index contributed by atoms with van der Waals surface area (Å²) in [6.45, 7) is 5.27. The second kappa shape index (κ2) is 7.87. The maximum absolute atomic E-state index is 12.4. The number of benzene rings is 1. The van der Waals surface area contributed by atoms with Crippen molar-refractivity contribution in [2.24, 2.45) is 0 Å². The fourth-order valence-corrected chi connectivity index (χ4v) is 3.71. The molecule has 0 N–H and O–H groups in total. The van der Waals surface area contributed by atoms with Crippen molar-refractivity contribution >= 4 is 5.91 Å². The van der Waals surface area contributed by atoms with Gasteiger partial charge in [0.1, 0.15) is 5.75 Å². The van der Waals surface area contributed by atoms with Gasteiger partial charge < -0.3 is 9.64 Å². The van der Waals surface area contributed by atoms with E-state index in [1.54, 1.807) is 6.20 Å². The Bertz CT molecular complexity index is 755. The minimum Gasteiger partial charge on any atom is -0.493 e. The van der Waals surface area contributed by atoms with Gasteiger partial charge in [0.2, 0.25) is 5.91 Å². The normalized spacial score (nSPS) is 17.0. The van der Waals surface area contributed by atoms with E-state index in [-0.39, 0.29) is 5.91 Å². The zero-order valence-corrected chi connectivity index (χ0v) is 15.1. The molecule has 0 spiro atoms. The van der Waals surface area contributed by atoms with Crippen molar-refractivity contribution in [3.8, 4) is 5.75 Å². The first kappa shape index (κ1) is 17.0. The van der Waals surface area contributed by atoms with Crippen molar-refractivity contribution in [3.05, 3.63) is 59.4 Å². The molecular weight excluding hydrogens is 326 g/mol. The SMILES string of the molecule is O=C(CCc1cccnc1)N1CCN(Cc2ccc3c(c2)CCO3)CC1. The molecule has 2 aromatic rings. The average molecular weight is 351 g/mol. The van der Waals surface area contributed by atoms with Crippen LogP contribution < -0.4 is 4.74 Å². The minimum absolute atomic E-state index is 0.253. The summed E-state index contributed by atoms with van der Waals surface area (Å²) < 4.78 is 5.58. The summed E-state index contributed by atoms with van der Waals surface area (Å²) in [6.07, 6.45) is 5.95. The number of pyridine rings is 1. The highest BCUT2D eigenvalue weighted by Gasteiger charge is 2.21. The van der Waals surface area contributed by atoms with Gasteiger partial charge in [0.25, 0.3) is 0 Å². The summed E-state index contributed by atoms with van der Waals surface area (Å²) in [5.74, 6) is 1.29. The highest BCUT2D eigenvalue weighted by Crippen LogP contribution is 2.26. The molecule has 2 aliphatic heterocycles. The number of fused-ring (bicyclic) bond motifs is 1. The Labute approximate surface area is 154 Å². The third-order valence-electron chi connectivity index (χ3n) is 5.24. The molecule has 136 valence electrons. The summed E-state index contributed by atoms with van der Waals surface area (Å²) in [4.78, 5) is 21.0. The number of carbonyl (C=O) groups excluding carboxylic acids is 1. The van der Waals surface area contributed by atoms with Gasteiger partial charge in [0.05, 0.1) is 6.61 Å². The Morgan fingerprint density at radius 1 is 1.12 bits per heavy atom. The molecule has 26 heavy (non-hydrogen) atoms. The predicted molar refractivity (Wildman–Crippen MR) is 100 cm³/mol. The van der Waals surface area contributed by atoms with Crippen LogP contribution in [-0.2, 0) is 24.2 Å². The maximum Gasteiger partial charge on any atom is 0.222 e. The van der Waals surface area contributed by atoms with Gasteiger partial charge in [-0.25, -0.2) is 0 Å². The van der Waals surface area contributed by atoms with Crippen molar-refractivity contribution < 1.29 is 9.53 Å². The molecule has 5 heteroatoms.